The van der Waals surface area contributed by atoms with Crippen molar-refractivity contribution in [2.75, 3.05) is 6.26 Å². The molecular weight excluding hydrogens is 268 g/mol. The highest BCUT2D eigenvalue weighted by molar-refractivity contribution is 7.86. The van der Waals surface area contributed by atoms with Gasteiger partial charge in [-0.15, -0.1) is 0 Å². The smallest absolute Gasteiger partial charge is 0.309 e. The zero-order valence-corrected chi connectivity index (χ0v) is 13.1. The van der Waals surface area contributed by atoms with Crippen LogP contribution in [0, 0.1) is 11.8 Å². The number of hydrogen-bond donors (Lipinski definition) is 0. The minimum Gasteiger partial charge on any atom is -0.460 e. The van der Waals surface area contributed by atoms with Gasteiger partial charge < -0.3 is 4.74 Å². The molecule has 1 saturated carbocycles. The Morgan fingerprint density at radius 3 is 2.21 bits per heavy atom. The molecule has 3 atom stereocenters. The van der Waals surface area contributed by atoms with Crippen molar-refractivity contribution in [3.63, 3.8) is 0 Å². The number of hydrogen-bond acceptors (Lipinski definition) is 5. The van der Waals surface area contributed by atoms with Crippen LogP contribution in [0.15, 0.2) is 0 Å². The Kier molecular flexibility index (Phi) is 5.01. The van der Waals surface area contributed by atoms with Crippen LogP contribution < -0.4 is 0 Å². The summed E-state index contributed by atoms with van der Waals surface area (Å²) < 4.78 is 32.7. The molecule has 0 aromatic carbocycles. The first-order chi connectivity index (χ1) is 8.46. The molecule has 1 aliphatic rings. The van der Waals surface area contributed by atoms with Gasteiger partial charge in [-0.1, -0.05) is 6.92 Å². The van der Waals surface area contributed by atoms with E-state index in [2.05, 4.69) is 0 Å². The van der Waals surface area contributed by atoms with E-state index in [4.69, 9.17) is 8.92 Å². The average molecular weight is 292 g/mol. The minimum atomic E-state index is -3.48. The molecule has 0 radical (unpaired) electrons. The van der Waals surface area contributed by atoms with Gasteiger partial charge in [-0.25, -0.2) is 0 Å². The monoisotopic (exact) mass is 292 g/mol. The summed E-state index contributed by atoms with van der Waals surface area (Å²) in [6, 6.07) is 0. The molecule has 0 bridgehead atoms. The Labute approximate surface area is 115 Å². The fraction of sp³-hybridized carbons (Fsp3) is 0.923. The molecule has 0 saturated heterocycles. The van der Waals surface area contributed by atoms with Crippen molar-refractivity contribution in [2.45, 2.75) is 58.7 Å². The van der Waals surface area contributed by atoms with E-state index in [0.29, 0.717) is 12.8 Å². The summed E-state index contributed by atoms with van der Waals surface area (Å²) in [5.41, 5.74) is -0.523. The van der Waals surface area contributed by atoms with E-state index >= 15 is 0 Å². The van der Waals surface area contributed by atoms with Gasteiger partial charge in [0.15, 0.2) is 0 Å². The maximum absolute atomic E-state index is 12.0. The van der Waals surface area contributed by atoms with Crippen LogP contribution in [0.25, 0.3) is 0 Å². The Morgan fingerprint density at radius 2 is 1.74 bits per heavy atom. The molecule has 0 amide bonds. The molecular formula is C13H24O5S. The van der Waals surface area contributed by atoms with E-state index in [1.165, 1.54) is 0 Å². The second-order valence-electron chi connectivity index (χ2n) is 6.47. The molecule has 0 heterocycles. The fourth-order valence-electron chi connectivity index (χ4n) is 2.44. The third-order valence-electron chi connectivity index (χ3n) is 2.95. The molecule has 19 heavy (non-hydrogen) atoms. The van der Waals surface area contributed by atoms with Crippen LogP contribution in [0.3, 0.4) is 0 Å². The second-order valence-corrected chi connectivity index (χ2v) is 8.07. The molecule has 0 aromatic heterocycles. The van der Waals surface area contributed by atoms with Crippen molar-refractivity contribution in [3.8, 4) is 0 Å². The SMILES string of the molecule is C[C@H]1CC(C(=O)OC(C)(C)C)C[C@@H](OS(C)(=O)=O)C1. The standard InChI is InChI=1S/C13H24O5S/c1-9-6-10(12(14)17-13(2,3)4)8-11(7-9)18-19(5,15)16/h9-11H,6-8H2,1-5H3/t9-,10?,11-/m0/s1. The molecule has 1 fully saturated rings. The summed E-state index contributed by atoms with van der Waals surface area (Å²) in [7, 11) is -3.48. The van der Waals surface area contributed by atoms with Gasteiger partial charge in [-0.2, -0.15) is 8.42 Å². The van der Waals surface area contributed by atoms with Crippen molar-refractivity contribution < 1.29 is 22.1 Å². The number of carbonyl (C=O) groups is 1. The van der Waals surface area contributed by atoms with Gasteiger partial charge in [0.2, 0.25) is 0 Å². The number of carbonyl (C=O) groups excluding carboxylic acids is 1. The Hall–Kier alpha value is -0.620. The molecule has 1 unspecified atom stereocenters. The quantitative estimate of drug-likeness (QED) is 0.588. The molecule has 0 aromatic rings. The van der Waals surface area contributed by atoms with Crippen LogP contribution in [0.5, 0.6) is 0 Å². The second kappa shape index (κ2) is 5.79. The molecule has 6 heteroatoms. The first-order valence-corrected chi connectivity index (χ1v) is 8.39. The van der Waals surface area contributed by atoms with E-state index in [0.717, 1.165) is 12.7 Å². The van der Waals surface area contributed by atoms with Gasteiger partial charge in [0, 0.05) is 0 Å². The topological polar surface area (TPSA) is 69.7 Å². The largest absolute Gasteiger partial charge is 0.460 e. The van der Waals surface area contributed by atoms with Crippen molar-refractivity contribution in [3.05, 3.63) is 0 Å². The van der Waals surface area contributed by atoms with Crippen LogP contribution in [-0.4, -0.2) is 32.3 Å². The summed E-state index contributed by atoms with van der Waals surface area (Å²) in [6.07, 6.45) is 2.41. The molecule has 112 valence electrons. The predicted octanol–water partition coefficient (Wildman–Crippen LogP) is 2.11. The van der Waals surface area contributed by atoms with E-state index in [1.54, 1.807) is 0 Å². The highest BCUT2D eigenvalue weighted by atomic mass is 32.2. The normalized spacial score (nSPS) is 29.0. The van der Waals surface area contributed by atoms with Crippen molar-refractivity contribution in [1.29, 1.82) is 0 Å². The number of esters is 1. The lowest BCUT2D eigenvalue weighted by molar-refractivity contribution is -0.163. The van der Waals surface area contributed by atoms with Crippen LogP contribution in [0.4, 0.5) is 0 Å². The zero-order valence-electron chi connectivity index (χ0n) is 12.3. The minimum absolute atomic E-state index is 0.248. The molecule has 0 spiro atoms. The van der Waals surface area contributed by atoms with Gasteiger partial charge in [0.1, 0.15) is 5.60 Å². The Bertz CT molecular complexity index is 421. The summed E-state index contributed by atoms with van der Waals surface area (Å²) in [5.74, 6) is -0.297. The lowest BCUT2D eigenvalue weighted by Crippen LogP contribution is -2.36. The lowest BCUT2D eigenvalue weighted by Gasteiger charge is -2.32. The molecule has 1 aliphatic carbocycles. The first-order valence-electron chi connectivity index (χ1n) is 6.57. The maximum atomic E-state index is 12.0. The third kappa shape index (κ3) is 6.38. The van der Waals surface area contributed by atoms with Crippen LogP contribution >= 0.6 is 0 Å². The number of ether oxygens (including phenoxy) is 1. The van der Waals surface area contributed by atoms with Gasteiger partial charge in [0.25, 0.3) is 10.1 Å². The molecule has 0 N–H and O–H groups in total. The highest BCUT2D eigenvalue weighted by Crippen LogP contribution is 2.33. The third-order valence-corrected chi connectivity index (χ3v) is 3.57. The zero-order chi connectivity index (χ0) is 14.8. The fourth-order valence-corrected chi connectivity index (χ4v) is 3.10. The molecule has 0 aliphatic heterocycles. The lowest BCUT2D eigenvalue weighted by atomic mass is 9.81. The number of rotatable bonds is 3. The van der Waals surface area contributed by atoms with Crippen LogP contribution in [0.2, 0.25) is 0 Å². The predicted molar refractivity (Wildman–Crippen MR) is 72.1 cm³/mol. The Morgan fingerprint density at radius 1 is 1.16 bits per heavy atom. The summed E-state index contributed by atoms with van der Waals surface area (Å²) >= 11 is 0. The summed E-state index contributed by atoms with van der Waals surface area (Å²) in [5, 5.41) is 0. The van der Waals surface area contributed by atoms with Gasteiger partial charge in [0.05, 0.1) is 18.3 Å². The molecule has 1 rings (SSSR count). The van der Waals surface area contributed by atoms with Crippen molar-refractivity contribution in [2.24, 2.45) is 11.8 Å². The van der Waals surface area contributed by atoms with Gasteiger partial charge >= 0.3 is 5.97 Å². The Balaban J connectivity index is 2.67. The summed E-state index contributed by atoms with van der Waals surface area (Å²) in [4.78, 5) is 12.0. The van der Waals surface area contributed by atoms with E-state index in [1.807, 2.05) is 27.7 Å². The summed E-state index contributed by atoms with van der Waals surface area (Å²) in [6.45, 7) is 7.46. The highest BCUT2D eigenvalue weighted by Gasteiger charge is 2.35. The van der Waals surface area contributed by atoms with E-state index in [9.17, 15) is 13.2 Å². The van der Waals surface area contributed by atoms with Gasteiger partial charge in [-0.05, 0) is 46.0 Å². The van der Waals surface area contributed by atoms with Crippen molar-refractivity contribution in [1.82, 2.24) is 0 Å². The van der Waals surface area contributed by atoms with E-state index < -0.39 is 21.8 Å². The van der Waals surface area contributed by atoms with Gasteiger partial charge in [-0.3, -0.25) is 8.98 Å². The van der Waals surface area contributed by atoms with Crippen LogP contribution in [0.1, 0.15) is 47.0 Å². The maximum Gasteiger partial charge on any atom is 0.309 e. The van der Waals surface area contributed by atoms with Crippen molar-refractivity contribution >= 4 is 16.1 Å². The first kappa shape index (κ1) is 16.4. The average Bonchev–Trinajstić information content (AvgIpc) is 2.10. The van der Waals surface area contributed by atoms with Crippen LogP contribution in [-0.2, 0) is 23.8 Å². The van der Waals surface area contributed by atoms with E-state index in [-0.39, 0.29) is 17.8 Å². The molecule has 5 nitrogen and oxygen atoms in total.